The van der Waals surface area contributed by atoms with Crippen LogP contribution in [0, 0.1) is 11.3 Å². The van der Waals surface area contributed by atoms with E-state index in [0.29, 0.717) is 11.1 Å². The smallest absolute Gasteiger partial charge is 0.340 e. The van der Waals surface area contributed by atoms with Crippen LogP contribution in [0.15, 0.2) is 6.20 Å². The summed E-state index contributed by atoms with van der Waals surface area (Å²) < 4.78 is 34.4. The molecule has 1 aliphatic heterocycles. The zero-order chi connectivity index (χ0) is 25.5. The fraction of sp³-hybridized carbons (Fsp3) is 0.611. The van der Waals surface area contributed by atoms with Gasteiger partial charge in [0, 0.05) is 6.04 Å². The maximum absolute atomic E-state index is 11.9. The van der Waals surface area contributed by atoms with Crippen LogP contribution in [0.3, 0.4) is 0 Å². The zero-order valence-corrected chi connectivity index (χ0v) is 20.7. The first-order valence-corrected chi connectivity index (χ1v) is 14.6. The van der Waals surface area contributed by atoms with E-state index in [0.717, 1.165) is 25.7 Å². The van der Waals surface area contributed by atoms with Crippen molar-refractivity contribution in [1.29, 1.82) is 5.26 Å². The number of ether oxygens (including phenoxy) is 1. The molecule has 3 heterocycles. The summed E-state index contributed by atoms with van der Waals surface area (Å²) in [5.74, 6) is -1.40. The zero-order valence-electron chi connectivity index (χ0n) is 18.1. The van der Waals surface area contributed by atoms with E-state index in [9.17, 15) is 29.5 Å². The highest BCUT2D eigenvalue weighted by Crippen LogP contribution is 2.55. The van der Waals surface area contributed by atoms with Crippen LogP contribution in [0.25, 0.3) is 11.0 Å². The van der Waals surface area contributed by atoms with Gasteiger partial charge in [-0.3, -0.25) is 9.13 Å². The molecule has 1 aliphatic carbocycles. The molecule has 35 heavy (non-hydrogen) atoms. The Kier molecular flexibility index (Phi) is 7.58. The maximum Gasteiger partial charge on any atom is 0.340 e. The number of rotatable bonds is 8. The van der Waals surface area contributed by atoms with E-state index in [1.165, 1.54) is 10.9 Å². The average molecular weight is 552 g/mol. The van der Waals surface area contributed by atoms with E-state index >= 15 is 0 Å². The van der Waals surface area contributed by atoms with Crippen LogP contribution < -0.4 is 5.32 Å². The van der Waals surface area contributed by atoms with Gasteiger partial charge in [0.05, 0.1) is 23.9 Å². The van der Waals surface area contributed by atoms with E-state index in [1.807, 2.05) is 6.07 Å². The first-order chi connectivity index (χ1) is 16.4. The Labute approximate surface area is 204 Å². The lowest BCUT2D eigenvalue weighted by molar-refractivity contribution is -0.0541. The van der Waals surface area contributed by atoms with E-state index < -0.39 is 52.2 Å². The number of hydrogen-bond acceptors (Lipinski definition) is 10. The molecule has 4 rings (SSSR count). The molecule has 0 radical (unpaired) electrons. The van der Waals surface area contributed by atoms with E-state index in [2.05, 4.69) is 15.4 Å². The Balaban J connectivity index is 1.59. The molecule has 1 unspecified atom stereocenters. The second kappa shape index (κ2) is 10.0. The number of halogens is 1. The summed E-state index contributed by atoms with van der Waals surface area (Å²) >= 11 is 6.27. The summed E-state index contributed by atoms with van der Waals surface area (Å²) in [7, 11) is -9.53. The molecule has 192 valence electrons. The first kappa shape index (κ1) is 26.4. The molecule has 2 aromatic heterocycles. The fourth-order valence-corrected chi connectivity index (χ4v) is 7.06. The Morgan fingerprint density at radius 3 is 2.57 bits per heavy atom. The van der Waals surface area contributed by atoms with Gasteiger partial charge >= 0.3 is 15.2 Å². The molecule has 17 heteroatoms. The molecule has 0 amide bonds. The van der Waals surface area contributed by atoms with Gasteiger partial charge in [-0.1, -0.05) is 24.4 Å². The Hall–Kier alpha value is -1.62. The van der Waals surface area contributed by atoms with E-state index in [1.54, 1.807) is 0 Å². The number of aromatic nitrogens is 3. The van der Waals surface area contributed by atoms with Crippen LogP contribution in [0.5, 0.6) is 0 Å². The highest BCUT2D eigenvalue weighted by atomic mass is 35.5. The quantitative estimate of drug-likeness (QED) is 0.201. The lowest BCUT2D eigenvalue weighted by Crippen LogP contribution is -2.33. The van der Waals surface area contributed by atoms with Gasteiger partial charge in [-0.25, -0.2) is 9.67 Å². The van der Waals surface area contributed by atoms with Crippen molar-refractivity contribution in [2.75, 3.05) is 17.8 Å². The standard InChI is InChI=1S/C18H24ClN5O9P2/c19-16-10(5-20)13(22-9-3-1-2-4-9)11-6-21-24(17(11)23-16)18-15(26)14(25)12(33-18)7-32-35(30,31)8-34(27,28)29/h6,9,12,14-15,18,25-26H,1-4,7-8H2,(H,22,23)(H,30,31)(H2,27,28,29)/t12-,14-,15-,18-/m1/s1. The molecule has 2 aromatic rings. The van der Waals surface area contributed by atoms with Crippen LogP contribution >= 0.6 is 26.8 Å². The molecule has 5 atom stereocenters. The molecule has 0 bridgehead atoms. The Morgan fingerprint density at radius 2 is 1.94 bits per heavy atom. The summed E-state index contributed by atoms with van der Waals surface area (Å²) in [6, 6.07) is 2.19. The molecule has 2 aliphatic rings. The van der Waals surface area contributed by atoms with Gasteiger partial charge in [0.1, 0.15) is 29.9 Å². The van der Waals surface area contributed by atoms with E-state index in [-0.39, 0.29) is 22.4 Å². The van der Waals surface area contributed by atoms with Gasteiger partial charge < -0.3 is 39.5 Å². The van der Waals surface area contributed by atoms with Crippen molar-refractivity contribution in [1.82, 2.24) is 14.8 Å². The molecular formula is C18H24ClN5O9P2. The normalized spacial score (nSPS) is 27.2. The number of pyridine rings is 1. The van der Waals surface area contributed by atoms with Gasteiger partial charge in [0.25, 0.3) is 0 Å². The minimum Gasteiger partial charge on any atom is -0.387 e. The average Bonchev–Trinajstić information content (AvgIpc) is 3.46. The SMILES string of the molecule is N#Cc1c(Cl)nc2c(cnn2[C@@H]2O[C@H](COP(=O)(O)CP(=O)(O)O)[C@@H](O)[C@H]2O)c1NC1CCCC1. The minimum absolute atomic E-state index is 0.0891. The van der Waals surface area contributed by atoms with Crippen molar-refractivity contribution in [2.24, 2.45) is 0 Å². The number of aliphatic hydroxyl groups excluding tert-OH is 2. The third-order valence-corrected chi connectivity index (χ3v) is 9.63. The van der Waals surface area contributed by atoms with Crippen LogP contribution in [-0.2, 0) is 18.4 Å². The van der Waals surface area contributed by atoms with Gasteiger partial charge in [-0.2, -0.15) is 10.4 Å². The molecule has 2 fully saturated rings. The number of nitriles is 1. The molecule has 14 nitrogen and oxygen atoms in total. The Morgan fingerprint density at radius 1 is 1.26 bits per heavy atom. The molecule has 1 saturated heterocycles. The molecule has 6 N–H and O–H groups in total. The highest BCUT2D eigenvalue weighted by molar-refractivity contribution is 7.70. The fourth-order valence-electron chi connectivity index (χ4n) is 4.28. The Bertz CT molecular complexity index is 1240. The van der Waals surface area contributed by atoms with E-state index in [4.69, 9.17) is 30.6 Å². The summed E-state index contributed by atoms with van der Waals surface area (Å²) in [6.45, 7) is -0.733. The monoisotopic (exact) mass is 551 g/mol. The first-order valence-electron chi connectivity index (χ1n) is 10.7. The number of nitrogens with one attached hydrogen (secondary N) is 1. The van der Waals surface area contributed by atoms with Crippen LogP contribution in [0.4, 0.5) is 5.69 Å². The number of fused-ring (bicyclic) bond motifs is 1. The van der Waals surface area contributed by atoms with Crippen molar-refractivity contribution in [2.45, 2.75) is 56.3 Å². The molecule has 0 spiro atoms. The molecule has 1 saturated carbocycles. The third kappa shape index (κ3) is 5.70. The lowest BCUT2D eigenvalue weighted by Gasteiger charge is -2.18. The van der Waals surface area contributed by atoms with Gasteiger partial charge in [0.15, 0.2) is 22.9 Å². The number of hydrogen-bond donors (Lipinski definition) is 6. The number of anilines is 1. The third-order valence-electron chi connectivity index (χ3n) is 5.90. The maximum atomic E-state index is 11.9. The van der Waals surface area contributed by atoms with Crippen molar-refractivity contribution >= 4 is 43.5 Å². The van der Waals surface area contributed by atoms with Crippen molar-refractivity contribution in [3.63, 3.8) is 0 Å². The molecule has 0 aromatic carbocycles. The summed E-state index contributed by atoms with van der Waals surface area (Å²) in [4.78, 5) is 31.7. The van der Waals surface area contributed by atoms with Gasteiger partial charge in [-0.05, 0) is 12.8 Å². The van der Waals surface area contributed by atoms with Crippen molar-refractivity contribution < 1.29 is 43.3 Å². The lowest BCUT2D eigenvalue weighted by atomic mass is 10.1. The van der Waals surface area contributed by atoms with Crippen molar-refractivity contribution in [3.8, 4) is 6.07 Å². The van der Waals surface area contributed by atoms with Crippen molar-refractivity contribution in [3.05, 3.63) is 16.9 Å². The highest BCUT2D eigenvalue weighted by Gasteiger charge is 2.46. The van der Waals surface area contributed by atoms with Crippen LogP contribution in [0.1, 0.15) is 37.5 Å². The number of aliphatic hydroxyl groups is 2. The summed E-state index contributed by atoms with van der Waals surface area (Å²) in [5.41, 5.74) is 0.766. The summed E-state index contributed by atoms with van der Waals surface area (Å²) in [6.07, 6.45) is -0.384. The largest absolute Gasteiger partial charge is 0.387 e. The van der Waals surface area contributed by atoms with Crippen LogP contribution in [0.2, 0.25) is 5.15 Å². The summed E-state index contributed by atoms with van der Waals surface area (Å²) in [5, 5.41) is 38.5. The number of nitrogens with zero attached hydrogens (tertiary/aromatic N) is 4. The van der Waals surface area contributed by atoms with Gasteiger partial charge in [0.2, 0.25) is 0 Å². The minimum atomic E-state index is -4.84. The predicted molar refractivity (Wildman–Crippen MR) is 122 cm³/mol. The van der Waals surface area contributed by atoms with Gasteiger partial charge in [-0.15, -0.1) is 0 Å². The topological polar surface area (TPSA) is 220 Å². The second-order valence-corrected chi connectivity index (χ2v) is 12.9. The van der Waals surface area contributed by atoms with Crippen LogP contribution in [-0.4, -0.2) is 76.5 Å². The molecular weight excluding hydrogens is 528 g/mol. The second-order valence-electron chi connectivity index (χ2n) is 8.50. The predicted octanol–water partition coefficient (Wildman–Crippen LogP) is 1.27.